The summed E-state index contributed by atoms with van der Waals surface area (Å²) < 4.78 is 0. The molecule has 0 saturated carbocycles. The molecule has 5 nitrogen and oxygen atoms in total. The Balaban J connectivity index is 1.74. The molecule has 0 amide bonds. The van der Waals surface area contributed by atoms with Crippen molar-refractivity contribution in [1.82, 2.24) is 14.9 Å². The van der Waals surface area contributed by atoms with Gasteiger partial charge < -0.3 is 15.5 Å². The van der Waals surface area contributed by atoms with Gasteiger partial charge in [0.15, 0.2) is 0 Å². The second kappa shape index (κ2) is 9.33. The molecule has 0 bridgehead atoms. The van der Waals surface area contributed by atoms with E-state index in [1.165, 1.54) is 5.56 Å². The molecule has 2 rings (SSSR count). The molecule has 0 spiro atoms. The van der Waals surface area contributed by atoms with Crippen molar-refractivity contribution in [1.29, 1.82) is 0 Å². The third-order valence-corrected chi connectivity index (χ3v) is 3.61. The van der Waals surface area contributed by atoms with Crippen LogP contribution >= 0.6 is 11.6 Å². The minimum atomic E-state index is 0.667. The minimum Gasteiger partial charge on any atom is -0.370 e. The molecule has 2 N–H and O–H groups in total. The summed E-state index contributed by atoms with van der Waals surface area (Å²) in [6, 6.07) is 9.80. The fraction of sp³-hybridized carbons (Fsp3) is 0.412. The summed E-state index contributed by atoms with van der Waals surface area (Å²) in [5.41, 5.74) is 1.25. The molecule has 6 heteroatoms. The highest BCUT2D eigenvalue weighted by molar-refractivity contribution is 6.30. The molecule has 1 heterocycles. The molecule has 0 aliphatic rings. The number of hydrogen-bond acceptors (Lipinski definition) is 5. The minimum absolute atomic E-state index is 0.667. The first-order valence-corrected chi connectivity index (χ1v) is 8.21. The zero-order valence-corrected chi connectivity index (χ0v) is 14.5. The van der Waals surface area contributed by atoms with E-state index in [1.54, 1.807) is 6.20 Å². The van der Waals surface area contributed by atoms with E-state index in [0.717, 1.165) is 43.3 Å². The van der Waals surface area contributed by atoms with Gasteiger partial charge in [0.25, 0.3) is 0 Å². The summed E-state index contributed by atoms with van der Waals surface area (Å²) in [5.74, 6) is 1.50. The lowest BCUT2D eigenvalue weighted by Gasteiger charge is -2.10. The molecule has 0 aliphatic carbocycles. The molecule has 2 aromatic rings. The Bertz CT molecular complexity index is 586. The Labute approximate surface area is 143 Å². The second-order valence-corrected chi connectivity index (χ2v) is 6.09. The largest absolute Gasteiger partial charge is 0.370 e. The van der Waals surface area contributed by atoms with Gasteiger partial charge in [-0.25, -0.2) is 4.98 Å². The molecule has 0 saturated heterocycles. The number of hydrogen-bond donors (Lipinski definition) is 2. The zero-order valence-electron chi connectivity index (χ0n) is 13.7. The number of nitrogens with one attached hydrogen (secondary N) is 2. The zero-order chi connectivity index (χ0) is 16.5. The Morgan fingerprint density at radius 3 is 2.57 bits per heavy atom. The number of nitrogens with zero attached hydrogens (tertiary/aromatic N) is 3. The van der Waals surface area contributed by atoms with Crippen LogP contribution in [0.3, 0.4) is 0 Å². The van der Waals surface area contributed by atoms with Crippen LogP contribution in [-0.2, 0) is 6.42 Å². The molecular formula is C17H24ClN5. The van der Waals surface area contributed by atoms with Gasteiger partial charge in [0.2, 0.25) is 5.95 Å². The van der Waals surface area contributed by atoms with E-state index in [1.807, 2.05) is 30.3 Å². The van der Waals surface area contributed by atoms with Gasteiger partial charge in [-0.2, -0.15) is 4.98 Å². The highest BCUT2D eigenvalue weighted by atomic mass is 35.5. The fourth-order valence-electron chi connectivity index (χ4n) is 2.12. The number of halogens is 1. The van der Waals surface area contributed by atoms with Gasteiger partial charge in [-0.1, -0.05) is 23.7 Å². The first kappa shape index (κ1) is 17.5. The average Bonchev–Trinajstić information content (AvgIpc) is 2.54. The van der Waals surface area contributed by atoms with Crippen LogP contribution in [0.2, 0.25) is 5.02 Å². The van der Waals surface area contributed by atoms with E-state index in [9.17, 15) is 0 Å². The van der Waals surface area contributed by atoms with E-state index in [4.69, 9.17) is 11.6 Å². The lowest BCUT2D eigenvalue weighted by molar-refractivity contribution is 0.405. The quantitative estimate of drug-likeness (QED) is 0.690. The summed E-state index contributed by atoms with van der Waals surface area (Å²) in [5, 5.41) is 7.34. The molecule has 0 aliphatic heterocycles. The summed E-state index contributed by atoms with van der Waals surface area (Å²) in [6.07, 6.45) is 3.75. The van der Waals surface area contributed by atoms with E-state index < -0.39 is 0 Å². The first-order valence-electron chi connectivity index (χ1n) is 7.83. The van der Waals surface area contributed by atoms with E-state index in [-0.39, 0.29) is 0 Å². The van der Waals surface area contributed by atoms with Gasteiger partial charge >= 0.3 is 0 Å². The van der Waals surface area contributed by atoms with Crippen molar-refractivity contribution in [2.45, 2.75) is 12.8 Å². The van der Waals surface area contributed by atoms with Crippen molar-refractivity contribution < 1.29 is 0 Å². The number of aromatic nitrogens is 2. The standard InChI is InChI=1S/C17H24ClN5/c1-23(2)13-3-10-20-17-21-12-9-16(22-17)19-11-8-14-4-6-15(18)7-5-14/h4-7,9,12H,3,8,10-11,13H2,1-2H3,(H2,19,20,21,22). The van der Waals surface area contributed by atoms with Gasteiger partial charge in [0.1, 0.15) is 5.82 Å². The monoisotopic (exact) mass is 333 g/mol. The molecule has 0 atom stereocenters. The predicted octanol–water partition coefficient (Wildman–Crippen LogP) is 3.15. The van der Waals surface area contributed by atoms with E-state index in [0.29, 0.717) is 5.95 Å². The van der Waals surface area contributed by atoms with Crippen LogP contribution < -0.4 is 10.6 Å². The number of rotatable bonds is 9. The Kier molecular flexibility index (Phi) is 7.10. The molecule has 0 unspecified atom stereocenters. The van der Waals surface area contributed by atoms with Crippen LogP contribution in [0.1, 0.15) is 12.0 Å². The summed E-state index contributed by atoms with van der Waals surface area (Å²) in [7, 11) is 4.14. The highest BCUT2D eigenvalue weighted by Crippen LogP contribution is 2.10. The Hall–Kier alpha value is -1.85. The lowest BCUT2D eigenvalue weighted by atomic mass is 10.1. The van der Waals surface area contributed by atoms with Gasteiger partial charge in [0.05, 0.1) is 0 Å². The van der Waals surface area contributed by atoms with E-state index >= 15 is 0 Å². The van der Waals surface area contributed by atoms with Crippen molar-refractivity contribution in [3.8, 4) is 0 Å². The lowest BCUT2D eigenvalue weighted by Crippen LogP contribution is -2.17. The average molecular weight is 334 g/mol. The van der Waals surface area contributed by atoms with Crippen LogP contribution in [0, 0.1) is 0 Å². The molecule has 0 radical (unpaired) electrons. The first-order chi connectivity index (χ1) is 11.1. The predicted molar refractivity (Wildman–Crippen MR) is 97.3 cm³/mol. The van der Waals surface area contributed by atoms with E-state index in [2.05, 4.69) is 39.6 Å². The van der Waals surface area contributed by atoms with Gasteiger partial charge in [-0.15, -0.1) is 0 Å². The van der Waals surface area contributed by atoms with Gasteiger partial charge in [-0.05, 0) is 57.2 Å². The van der Waals surface area contributed by atoms with Crippen LogP contribution in [0.4, 0.5) is 11.8 Å². The third-order valence-electron chi connectivity index (χ3n) is 3.35. The van der Waals surface area contributed by atoms with Crippen molar-refractivity contribution >= 4 is 23.4 Å². The Morgan fingerprint density at radius 1 is 1.04 bits per heavy atom. The third kappa shape index (κ3) is 6.84. The second-order valence-electron chi connectivity index (χ2n) is 5.65. The van der Waals surface area contributed by atoms with Crippen LogP contribution in [0.5, 0.6) is 0 Å². The normalized spacial score (nSPS) is 10.8. The van der Waals surface area contributed by atoms with Crippen molar-refractivity contribution in [3.63, 3.8) is 0 Å². The summed E-state index contributed by atoms with van der Waals surface area (Å²) in [6.45, 7) is 2.73. The Morgan fingerprint density at radius 2 is 1.83 bits per heavy atom. The molecule has 0 fully saturated rings. The van der Waals surface area contributed by atoms with Gasteiger partial charge in [-0.3, -0.25) is 0 Å². The maximum absolute atomic E-state index is 5.89. The molecule has 124 valence electrons. The van der Waals surface area contributed by atoms with Crippen LogP contribution in [-0.4, -0.2) is 48.6 Å². The summed E-state index contributed by atoms with van der Waals surface area (Å²) >= 11 is 5.89. The van der Waals surface area contributed by atoms with Crippen molar-refractivity contribution in [2.24, 2.45) is 0 Å². The topological polar surface area (TPSA) is 53.1 Å². The maximum Gasteiger partial charge on any atom is 0.224 e. The van der Waals surface area contributed by atoms with Crippen LogP contribution in [0.25, 0.3) is 0 Å². The molecule has 1 aromatic carbocycles. The van der Waals surface area contributed by atoms with Crippen molar-refractivity contribution in [3.05, 3.63) is 47.1 Å². The highest BCUT2D eigenvalue weighted by Gasteiger charge is 2.00. The summed E-state index contributed by atoms with van der Waals surface area (Å²) in [4.78, 5) is 10.9. The molecule has 1 aromatic heterocycles. The molecular weight excluding hydrogens is 310 g/mol. The smallest absolute Gasteiger partial charge is 0.224 e. The maximum atomic E-state index is 5.89. The SMILES string of the molecule is CN(C)CCCNc1nccc(NCCc2ccc(Cl)cc2)n1. The van der Waals surface area contributed by atoms with Crippen molar-refractivity contribution in [2.75, 3.05) is 44.4 Å². The van der Waals surface area contributed by atoms with Crippen LogP contribution in [0.15, 0.2) is 36.5 Å². The molecule has 23 heavy (non-hydrogen) atoms. The number of benzene rings is 1. The fourth-order valence-corrected chi connectivity index (χ4v) is 2.25. The van der Waals surface area contributed by atoms with Gasteiger partial charge in [0, 0.05) is 24.3 Å². The number of anilines is 2.